The number of nitrogens with zero attached hydrogens (tertiary/aromatic N) is 2. The van der Waals surface area contributed by atoms with Crippen LogP contribution in [-0.4, -0.2) is 33.1 Å². The second-order valence-corrected chi connectivity index (χ2v) is 4.35. The van der Waals surface area contributed by atoms with Crippen molar-refractivity contribution in [3.63, 3.8) is 0 Å². The molecule has 104 valence electrons. The highest BCUT2D eigenvalue weighted by Crippen LogP contribution is 2.15. The molecule has 0 aliphatic carbocycles. The predicted octanol–water partition coefficient (Wildman–Crippen LogP) is 1.76. The van der Waals surface area contributed by atoms with Crippen molar-refractivity contribution in [2.75, 3.05) is 38.5 Å². The Kier molecular flexibility index (Phi) is 5.60. The number of rotatable bonds is 7. The van der Waals surface area contributed by atoms with Crippen molar-refractivity contribution in [3.8, 4) is 0 Å². The second kappa shape index (κ2) is 7.20. The average molecular weight is 261 g/mol. The second-order valence-electron chi connectivity index (χ2n) is 4.35. The Morgan fingerprint density at radius 3 is 2.32 bits per heavy atom. The summed E-state index contributed by atoms with van der Waals surface area (Å²) in [5.41, 5.74) is 8.30. The summed E-state index contributed by atoms with van der Waals surface area (Å²) in [5, 5.41) is 2.93. The van der Waals surface area contributed by atoms with E-state index >= 15 is 0 Å². The summed E-state index contributed by atoms with van der Waals surface area (Å²) in [6.45, 7) is 3.93. The molecule has 0 saturated heterocycles. The van der Waals surface area contributed by atoms with Crippen LogP contribution in [0.15, 0.2) is 49.1 Å². The summed E-state index contributed by atoms with van der Waals surface area (Å²) in [4.78, 5) is 3.93. The molecular formula is C14H23N5. The lowest BCUT2D eigenvalue weighted by atomic mass is 10.3. The predicted molar refractivity (Wildman–Crippen MR) is 82.6 cm³/mol. The highest BCUT2D eigenvalue weighted by molar-refractivity contribution is 5.54. The Morgan fingerprint density at radius 1 is 1.16 bits per heavy atom. The molecule has 0 bridgehead atoms. The van der Waals surface area contributed by atoms with Gasteiger partial charge >= 0.3 is 0 Å². The molecule has 0 radical (unpaired) electrons. The lowest BCUT2D eigenvalue weighted by molar-refractivity contribution is 0.524. The number of hydrazine groups is 1. The fraction of sp³-hybridized carbons (Fsp3) is 0.286. The van der Waals surface area contributed by atoms with Gasteiger partial charge in [-0.05, 0) is 24.3 Å². The highest BCUT2D eigenvalue weighted by Gasteiger charge is 1.98. The fourth-order valence-electron chi connectivity index (χ4n) is 1.35. The van der Waals surface area contributed by atoms with Crippen LogP contribution in [0.1, 0.15) is 0 Å². The zero-order valence-corrected chi connectivity index (χ0v) is 12.1. The molecule has 0 aliphatic heterocycles. The number of anilines is 2. The summed E-state index contributed by atoms with van der Waals surface area (Å²) >= 11 is 0. The van der Waals surface area contributed by atoms with Crippen LogP contribution in [0.4, 0.5) is 11.4 Å². The minimum absolute atomic E-state index is 0.753. The molecular weight excluding hydrogens is 238 g/mol. The first-order chi connectivity index (χ1) is 9.04. The molecule has 0 unspecified atom stereocenters. The molecule has 5 heteroatoms. The van der Waals surface area contributed by atoms with Gasteiger partial charge in [-0.2, -0.15) is 0 Å². The van der Waals surface area contributed by atoms with Crippen molar-refractivity contribution in [1.29, 1.82) is 0 Å². The molecule has 0 atom stereocenters. The molecule has 0 aliphatic rings. The van der Waals surface area contributed by atoms with Crippen LogP contribution >= 0.6 is 0 Å². The van der Waals surface area contributed by atoms with Crippen molar-refractivity contribution in [2.24, 2.45) is 0 Å². The van der Waals surface area contributed by atoms with Gasteiger partial charge in [-0.15, -0.1) is 0 Å². The molecule has 0 spiro atoms. The van der Waals surface area contributed by atoms with Crippen LogP contribution in [0, 0.1) is 0 Å². The number of hydrogen-bond donors (Lipinski definition) is 3. The Morgan fingerprint density at radius 2 is 1.79 bits per heavy atom. The summed E-state index contributed by atoms with van der Waals surface area (Å²) in [6, 6.07) is 8.13. The van der Waals surface area contributed by atoms with E-state index in [2.05, 4.69) is 39.8 Å². The minimum atomic E-state index is 0.753. The van der Waals surface area contributed by atoms with Gasteiger partial charge in [-0.25, -0.2) is 0 Å². The Balaban J connectivity index is 2.48. The lowest BCUT2D eigenvalue weighted by Crippen LogP contribution is -2.28. The van der Waals surface area contributed by atoms with E-state index in [4.69, 9.17) is 0 Å². The van der Waals surface area contributed by atoms with E-state index in [0.717, 1.165) is 11.5 Å². The van der Waals surface area contributed by atoms with Crippen molar-refractivity contribution in [3.05, 3.63) is 49.1 Å². The third-order valence-corrected chi connectivity index (χ3v) is 2.63. The third-order valence-electron chi connectivity index (χ3n) is 2.63. The molecule has 3 N–H and O–H groups in total. The van der Waals surface area contributed by atoms with Gasteiger partial charge in [0.25, 0.3) is 0 Å². The molecule has 19 heavy (non-hydrogen) atoms. The van der Waals surface area contributed by atoms with E-state index < -0.39 is 0 Å². The molecule has 1 rings (SSSR count). The maximum Gasteiger partial charge on any atom is 0.116 e. The maximum atomic E-state index is 3.93. The minimum Gasteiger partial charge on any atom is -0.393 e. The van der Waals surface area contributed by atoms with Crippen molar-refractivity contribution in [1.82, 2.24) is 15.6 Å². The van der Waals surface area contributed by atoms with Crippen LogP contribution in [-0.2, 0) is 0 Å². The van der Waals surface area contributed by atoms with E-state index in [1.807, 2.05) is 57.6 Å². The largest absolute Gasteiger partial charge is 0.393 e. The Labute approximate surface area is 115 Å². The SMILES string of the molecule is C=C(NNc1ccc(N(C)C)cc1)N(C)/C=C\NC. The van der Waals surface area contributed by atoms with Gasteiger partial charge in [0.2, 0.25) is 0 Å². The van der Waals surface area contributed by atoms with E-state index in [-0.39, 0.29) is 0 Å². The number of hydrogen-bond acceptors (Lipinski definition) is 5. The van der Waals surface area contributed by atoms with E-state index in [1.54, 1.807) is 0 Å². The molecule has 0 heterocycles. The topological polar surface area (TPSA) is 42.6 Å². The number of benzene rings is 1. The first-order valence-electron chi connectivity index (χ1n) is 6.09. The molecule has 0 saturated carbocycles. The Bertz CT molecular complexity index is 422. The Hall–Kier alpha value is -2.30. The van der Waals surface area contributed by atoms with Gasteiger partial charge in [0.15, 0.2) is 0 Å². The van der Waals surface area contributed by atoms with Crippen LogP contribution in [0.5, 0.6) is 0 Å². The molecule has 0 amide bonds. The van der Waals surface area contributed by atoms with Crippen LogP contribution < -0.4 is 21.1 Å². The lowest BCUT2D eigenvalue weighted by Gasteiger charge is -2.20. The fourth-order valence-corrected chi connectivity index (χ4v) is 1.35. The first-order valence-corrected chi connectivity index (χ1v) is 6.09. The monoisotopic (exact) mass is 261 g/mol. The van der Waals surface area contributed by atoms with Gasteiger partial charge in [0.1, 0.15) is 5.82 Å². The standard InChI is InChI=1S/C14H23N5/c1-12(19(5)11-10-15-2)16-17-13-6-8-14(9-7-13)18(3)4/h6-11,15-17H,1H2,2-5H3/b11-10-. The third kappa shape index (κ3) is 4.83. The normalized spacial score (nSPS) is 10.1. The summed E-state index contributed by atoms with van der Waals surface area (Å²) in [7, 11) is 7.81. The van der Waals surface area contributed by atoms with Gasteiger partial charge in [0.05, 0.1) is 5.69 Å². The van der Waals surface area contributed by atoms with Crippen LogP contribution in [0.25, 0.3) is 0 Å². The van der Waals surface area contributed by atoms with Crippen LogP contribution in [0.2, 0.25) is 0 Å². The van der Waals surface area contributed by atoms with Crippen molar-refractivity contribution < 1.29 is 0 Å². The summed E-state index contributed by atoms with van der Waals surface area (Å²) < 4.78 is 0. The summed E-state index contributed by atoms with van der Waals surface area (Å²) in [6.07, 6.45) is 3.71. The summed E-state index contributed by atoms with van der Waals surface area (Å²) in [5.74, 6) is 0.753. The maximum absolute atomic E-state index is 3.93. The van der Waals surface area contributed by atoms with Gasteiger partial charge < -0.3 is 15.1 Å². The van der Waals surface area contributed by atoms with Crippen molar-refractivity contribution >= 4 is 11.4 Å². The quantitative estimate of drug-likeness (QED) is 0.653. The van der Waals surface area contributed by atoms with E-state index in [9.17, 15) is 0 Å². The van der Waals surface area contributed by atoms with Crippen LogP contribution in [0.3, 0.4) is 0 Å². The van der Waals surface area contributed by atoms with Gasteiger partial charge in [0, 0.05) is 46.3 Å². The molecule has 0 fully saturated rings. The van der Waals surface area contributed by atoms with E-state index in [0.29, 0.717) is 0 Å². The van der Waals surface area contributed by atoms with Gasteiger partial charge in [-0.3, -0.25) is 10.9 Å². The highest BCUT2D eigenvalue weighted by atomic mass is 15.4. The van der Waals surface area contributed by atoms with Gasteiger partial charge in [-0.1, -0.05) is 6.58 Å². The van der Waals surface area contributed by atoms with Crippen molar-refractivity contribution in [2.45, 2.75) is 0 Å². The molecule has 0 aromatic heterocycles. The molecule has 1 aromatic carbocycles. The first kappa shape index (κ1) is 14.8. The molecule has 5 nitrogen and oxygen atoms in total. The zero-order valence-electron chi connectivity index (χ0n) is 12.1. The van der Waals surface area contributed by atoms with E-state index in [1.165, 1.54) is 5.69 Å². The average Bonchev–Trinajstić information content (AvgIpc) is 2.42. The zero-order chi connectivity index (χ0) is 14.3. The smallest absolute Gasteiger partial charge is 0.116 e. The number of nitrogens with one attached hydrogen (secondary N) is 3. The molecule has 1 aromatic rings.